The maximum atomic E-state index is 13.2. The third kappa shape index (κ3) is 18.7. The van der Waals surface area contributed by atoms with Gasteiger partial charge in [0.05, 0.1) is 62.2 Å². The number of anilines is 4. The maximum Gasteiger partial charge on any atom is 0.271 e. The van der Waals surface area contributed by atoms with Gasteiger partial charge in [-0.15, -0.1) is 0 Å². The number of amides is 4. The second-order valence-electron chi connectivity index (χ2n) is 27.7. The quantitative estimate of drug-likeness (QED) is 0.0997. The highest BCUT2D eigenvalue weighted by atomic mass is 32.2. The summed E-state index contributed by atoms with van der Waals surface area (Å²) in [5.41, 5.74) is 12.0. The smallest absolute Gasteiger partial charge is 0.271 e. The normalized spacial score (nSPS) is 20.0. The molecule has 1 atom stereocenters. The number of nitrogens with zero attached hydrogens (tertiary/aromatic N) is 8. The number of benzene rings is 8. The van der Waals surface area contributed by atoms with E-state index in [9.17, 15) is 19.2 Å². The highest BCUT2D eigenvalue weighted by Crippen LogP contribution is 2.43. The summed E-state index contributed by atoms with van der Waals surface area (Å²) in [5, 5.41) is 2.90. The summed E-state index contributed by atoms with van der Waals surface area (Å²) >= 11 is 5.72. The first kappa shape index (κ1) is 76.9. The fourth-order valence-electron chi connectivity index (χ4n) is 12.7. The van der Waals surface area contributed by atoms with Gasteiger partial charge >= 0.3 is 0 Å². The zero-order valence-corrected chi connectivity index (χ0v) is 66.1. The average Bonchev–Trinajstić information content (AvgIpc) is 1.64. The van der Waals surface area contributed by atoms with Crippen LogP contribution in [-0.4, -0.2) is 101 Å². The van der Waals surface area contributed by atoms with Crippen molar-refractivity contribution in [3.63, 3.8) is 0 Å². The molecule has 109 heavy (non-hydrogen) atoms. The van der Waals surface area contributed by atoms with Crippen molar-refractivity contribution in [3.05, 3.63) is 252 Å². The Morgan fingerprint density at radius 3 is 1.11 bits per heavy atom. The maximum absolute atomic E-state index is 13.2. The molecule has 0 saturated carbocycles. The summed E-state index contributed by atoms with van der Waals surface area (Å²) in [5.74, 6) is 4.18. The van der Waals surface area contributed by atoms with Crippen LogP contribution in [0.2, 0.25) is 0 Å². The molecule has 0 spiro atoms. The second-order valence-corrected chi connectivity index (χ2v) is 31.8. The highest BCUT2D eigenvalue weighted by Gasteiger charge is 2.39. The molecule has 17 nitrogen and oxygen atoms in total. The molecule has 8 aliphatic heterocycles. The van der Waals surface area contributed by atoms with E-state index in [2.05, 4.69) is 40.1 Å². The van der Waals surface area contributed by atoms with E-state index in [4.69, 9.17) is 28.7 Å². The number of carbonyl (C=O) groups is 4. The molecule has 8 aromatic carbocycles. The van der Waals surface area contributed by atoms with Gasteiger partial charge in [0.1, 0.15) is 30.0 Å². The standard InChI is InChI=1S/C23H24N2O3S.2C22H22N2O2S.C21H20N2O2S/c1-4-18-14-27-19-11-10-16(12-20(19)28-18)13-21-22(26)25(17-8-6-5-7-9-17)23(29-21)24-15(2)3;1-14(2)23-22-24(18-7-5-4-6-15(18)3)21(25)20(27-22)13-16-8-9-19-17(12-16)10-11-26-19;1-15(2)23-22-24(18-8-4-3-5-9-18)21(25)20(27-22)14-16-10-11-19-17(13-16)7-6-12-26-19;1-14(2)22-21-23(17-6-4-3-5-7-17)20(24)19(26-21)13-15-8-9-18-16(12-15)10-11-25-18/h5-13,15,18H,4,14H2,1-3H3;4-9,12-14H,10-11H2,1-3H3;3-5,8-11,13-15H,6-7,12H2,1-2H3;3-9,12-14H,10-11H2,1-2H3/b21-13-,24-23?;20-13-,23-22?;20-14-,23-22?;19-13-,22-21?. The van der Waals surface area contributed by atoms with Gasteiger partial charge in [0.15, 0.2) is 32.2 Å². The lowest BCUT2D eigenvalue weighted by Gasteiger charge is -2.25. The van der Waals surface area contributed by atoms with Crippen molar-refractivity contribution >= 4 is 138 Å². The Kier molecular flexibility index (Phi) is 24.9. The first-order valence-electron chi connectivity index (χ1n) is 37.0. The molecule has 8 heterocycles. The van der Waals surface area contributed by atoms with E-state index in [1.807, 2.05) is 256 Å². The van der Waals surface area contributed by atoms with Crippen LogP contribution < -0.4 is 43.3 Å². The molecule has 0 N–H and O–H groups in total. The zero-order valence-electron chi connectivity index (χ0n) is 62.8. The van der Waals surface area contributed by atoms with Gasteiger partial charge in [0, 0.05) is 37.0 Å². The Balaban J connectivity index is 0.000000128. The van der Waals surface area contributed by atoms with Gasteiger partial charge in [-0.2, -0.15) is 0 Å². The fraction of sp³-hybridized carbons (Fsp3) is 0.273. The van der Waals surface area contributed by atoms with Crippen molar-refractivity contribution in [3.8, 4) is 28.7 Å². The molecule has 558 valence electrons. The number of aliphatic imine (C=N–C) groups is 4. The molecule has 8 aliphatic rings. The van der Waals surface area contributed by atoms with E-state index < -0.39 is 0 Å². The predicted octanol–water partition coefficient (Wildman–Crippen LogP) is 19.3. The number of fused-ring (bicyclic) bond motifs is 4. The minimum Gasteiger partial charge on any atom is -0.493 e. The summed E-state index contributed by atoms with van der Waals surface area (Å²) in [6.45, 7) is 23.0. The molecule has 16 rings (SSSR count). The van der Waals surface area contributed by atoms with Gasteiger partial charge < -0.3 is 23.7 Å². The Morgan fingerprint density at radius 1 is 0.385 bits per heavy atom. The largest absolute Gasteiger partial charge is 0.493 e. The van der Waals surface area contributed by atoms with Crippen LogP contribution in [0.5, 0.6) is 28.7 Å². The molecular formula is C88H88N8O9S4. The Labute approximate surface area is 655 Å². The Morgan fingerprint density at radius 2 is 0.725 bits per heavy atom. The summed E-state index contributed by atoms with van der Waals surface area (Å²) in [4.78, 5) is 80.8. The average molecular weight is 1530 g/mol. The van der Waals surface area contributed by atoms with Crippen LogP contribution in [0.3, 0.4) is 0 Å². The van der Waals surface area contributed by atoms with Gasteiger partial charge in [-0.05, 0) is 288 Å². The van der Waals surface area contributed by atoms with Crippen molar-refractivity contribution in [1.29, 1.82) is 0 Å². The van der Waals surface area contributed by atoms with Gasteiger partial charge in [-0.25, -0.2) is 0 Å². The monoisotopic (exact) mass is 1530 g/mol. The van der Waals surface area contributed by atoms with E-state index in [0.717, 1.165) is 147 Å². The van der Waals surface area contributed by atoms with Crippen LogP contribution in [0.1, 0.15) is 120 Å². The van der Waals surface area contributed by atoms with E-state index in [0.29, 0.717) is 31.4 Å². The molecule has 21 heteroatoms. The van der Waals surface area contributed by atoms with Crippen LogP contribution in [0.4, 0.5) is 22.7 Å². The highest BCUT2D eigenvalue weighted by molar-refractivity contribution is 8.20. The number of carbonyl (C=O) groups excluding carboxylic acids is 4. The number of thioether (sulfide) groups is 4. The number of hydrogen-bond donors (Lipinski definition) is 0. The molecule has 4 fully saturated rings. The summed E-state index contributed by atoms with van der Waals surface area (Å²) in [6, 6.07) is 61.5. The van der Waals surface area contributed by atoms with Gasteiger partial charge in [0.25, 0.3) is 23.6 Å². The van der Waals surface area contributed by atoms with Gasteiger partial charge in [-0.3, -0.25) is 58.7 Å². The summed E-state index contributed by atoms with van der Waals surface area (Å²) in [6.07, 6.45) is 12.6. The number of aryl methyl sites for hydroxylation is 2. The molecule has 4 amide bonds. The number of rotatable bonds is 13. The van der Waals surface area contributed by atoms with Crippen LogP contribution in [0, 0.1) is 6.92 Å². The lowest BCUT2D eigenvalue weighted by molar-refractivity contribution is -0.114. The van der Waals surface area contributed by atoms with E-state index >= 15 is 0 Å². The molecular weight excluding hydrogens is 1440 g/mol. The molecule has 0 aromatic heterocycles. The minimum atomic E-state index is -0.0677. The van der Waals surface area contributed by atoms with Gasteiger partial charge in [0.2, 0.25) is 0 Å². The lowest BCUT2D eigenvalue weighted by Crippen LogP contribution is -2.30. The first-order valence-corrected chi connectivity index (χ1v) is 40.3. The third-order valence-corrected chi connectivity index (χ3v) is 21.7. The fourth-order valence-corrected chi connectivity index (χ4v) is 17.1. The molecule has 4 saturated heterocycles. The topological polar surface area (TPSA) is 177 Å². The number of ether oxygens (including phenoxy) is 5. The molecule has 1 unspecified atom stereocenters. The molecule has 8 aromatic rings. The van der Waals surface area contributed by atoms with E-state index in [1.165, 1.54) is 63.7 Å². The first-order chi connectivity index (χ1) is 52.8. The van der Waals surface area contributed by atoms with Gasteiger partial charge in [-0.1, -0.05) is 104 Å². The van der Waals surface area contributed by atoms with E-state index in [-0.39, 0.29) is 53.9 Å². The van der Waals surface area contributed by atoms with Crippen molar-refractivity contribution in [2.24, 2.45) is 20.0 Å². The van der Waals surface area contributed by atoms with Crippen LogP contribution in [-0.2, 0) is 38.4 Å². The molecule has 0 bridgehead atoms. The number of amidine groups is 4. The Bertz CT molecular complexity index is 4990. The van der Waals surface area contributed by atoms with Crippen molar-refractivity contribution in [2.75, 3.05) is 46.0 Å². The number of hydrogen-bond acceptors (Lipinski definition) is 17. The minimum absolute atomic E-state index is 0.0227. The molecule has 0 aliphatic carbocycles. The van der Waals surface area contributed by atoms with Crippen LogP contribution >= 0.6 is 47.0 Å². The summed E-state index contributed by atoms with van der Waals surface area (Å²) < 4.78 is 28.6. The van der Waals surface area contributed by atoms with Crippen LogP contribution in [0.25, 0.3) is 24.3 Å². The zero-order chi connectivity index (χ0) is 76.2. The van der Waals surface area contributed by atoms with Crippen molar-refractivity contribution in [2.45, 2.75) is 132 Å². The second kappa shape index (κ2) is 35.4. The number of para-hydroxylation sites is 4. The molecule has 0 radical (unpaired) electrons. The SMILES string of the molecule is CC(C)N=C1S/C(=C\c2ccc3c(c2)CCCO3)C(=O)N1c1ccccc1.CC(C)N=C1S/C(=C\c2ccc3c(c2)CCO3)C(=O)N1c1ccccc1.CCC1COc2ccc(/C=C3\SC(=NC(C)C)N(c4ccccc4)C3=O)cc2O1.Cc1ccccc1N1C(=O)/C(=C/c2ccc3c(c2)CCO3)SC1=NC(C)C. The Hall–Kier alpha value is -10.3. The van der Waals surface area contributed by atoms with Crippen molar-refractivity contribution < 1.29 is 42.9 Å². The lowest BCUT2D eigenvalue weighted by atomic mass is 10.0. The van der Waals surface area contributed by atoms with E-state index in [1.54, 1.807) is 19.6 Å². The predicted molar refractivity (Wildman–Crippen MR) is 451 cm³/mol. The van der Waals surface area contributed by atoms with Crippen molar-refractivity contribution in [1.82, 2.24) is 0 Å². The summed E-state index contributed by atoms with van der Waals surface area (Å²) in [7, 11) is 0. The van der Waals surface area contributed by atoms with Crippen LogP contribution in [0.15, 0.2) is 228 Å². The third-order valence-electron chi connectivity index (χ3n) is 17.8.